The van der Waals surface area contributed by atoms with Crippen LogP contribution in [0.3, 0.4) is 0 Å². The van der Waals surface area contributed by atoms with Crippen LogP contribution in [0.5, 0.6) is 0 Å². The van der Waals surface area contributed by atoms with Gasteiger partial charge in [0.2, 0.25) is 0 Å². The second kappa shape index (κ2) is 6.68. The van der Waals surface area contributed by atoms with E-state index in [9.17, 15) is 4.79 Å². The molecule has 1 atom stereocenters. The monoisotopic (exact) mass is 325 g/mol. The molecule has 0 aromatic heterocycles. The van der Waals surface area contributed by atoms with E-state index in [0.717, 1.165) is 5.57 Å². The van der Waals surface area contributed by atoms with Crippen LogP contribution < -0.4 is 0 Å². The highest BCUT2D eigenvalue weighted by Gasteiger charge is 2.48. The van der Waals surface area contributed by atoms with Crippen LogP contribution in [0, 0.1) is 5.41 Å². The molecule has 1 saturated heterocycles. The fourth-order valence-corrected chi connectivity index (χ4v) is 2.64. The summed E-state index contributed by atoms with van der Waals surface area (Å²) in [5.74, 6) is 0. The molecule has 1 rings (SSSR count). The Labute approximate surface area is 140 Å². The number of aliphatic hydroxyl groups excluding tert-OH is 1. The van der Waals surface area contributed by atoms with E-state index >= 15 is 0 Å². The predicted octanol–water partition coefficient (Wildman–Crippen LogP) is 3.48. The second-order valence-corrected chi connectivity index (χ2v) is 8.32. The van der Waals surface area contributed by atoms with Crippen molar-refractivity contribution in [3.63, 3.8) is 0 Å². The number of ether oxygens (including phenoxy) is 2. The van der Waals surface area contributed by atoms with Gasteiger partial charge < -0.3 is 14.6 Å². The summed E-state index contributed by atoms with van der Waals surface area (Å²) in [6.07, 6.45) is 1.16. The van der Waals surface area contributed by atoms with Crippen molar-refractivity contribution >= 4 is 6.09 Å². The van der Waals surface area contributed by atoms with E-state index in [1.807, 2.05) is 34.6 Å². The van der Waals surface area contributed by atoms with Crippen molar-refractivity contribution in [1.29, 1.82) is 0 Å². The van der Waals surface area contributed by atoms with E-state index < -0.39 is 17.4 Å². The minimum absolute atomic E-state index is 0.0943. The van der Waals surface area contributed by atoms with Crippen molar-refractivity contribution in [3.05, 3.63) is 17.4 Å². The molecule has 0 aromatic carbocycles. The van der Waals surface area contributed by atoms with Gasteiger partial charge in [-0.2, -0.15) is 0 Å². The highest BCUT2D eigenvalue weighted by atomic mass is 16.6. The van der Waals surface area contributed by atoms with Gasteiger partial charge in [0, 0.05) is 5.57 Å². The van der Waals surface area contributed by atoms with Crippen molar-refractivity contribution in [3.8, 4) is 0 Å². The average Bonchev–Trinajstić information content (AvgIpc) is 2.61. The molecule has 1 N–H and O–H groups in total. The third-order valence-electron chi connectivity index (χ3n) is 3.57. The number of nitrogens with zero attached hydrogens (tertiary/aromatic N) is 1. The van der Waals surface area contributed by atoms with Gasteiger partial charge in [-0.15, -0.1) is 5.73 Å². The number of aliphatic hydroxyl groups is 1. The Bertz CT molecular complexity index is 502. The van der Waals surface area contributed by atoms with Gasteiger partial charge in [0.1, 0.15) is 11.3 Å². The molecular formula is C18H31NO4. The zero-order chi connectivity index (χ0) is 18.1. The van der Waals surface area contributed by atoms with Crippen LogP contribution in [-0.4, -0.2) is 46.7 Å². The highest BCUT2D eigenvalue weighted by molar-refractivity contribution is 5.70. The first-order valence-electron chi connectivity index (χ1n) is 8.02. The molecule has 0 aliphatic carbocycles. The first-order valence-corrected chi connectivity index (χ1v) is 8.02. The third kappa shape index (κ3) is 5.10. The first kappa shape index (κ1) is 19.8. The molecule has 1 aliphatic rings. The van der Waals surface area contributed by atoms with E-state index in [1.165, 1.54) is 0 Å². The summed E-state index contributed by atoms with van der Waals surface area (Å²) in [7, 11) is 0. The van der Waals surface area contributed by atoms with E-state index in [2.05, 4.69) is 26.5 Å². The van der Waals surface area contributed by atoms with Gasteiger partial charge in [0.15, 0.2) is 0 Å². The summed E-state index contributed by atoms with van der Waals surface area (Å²) in [5, 5.41) is 9.09. The molecule has 0 unspecified atom stereocenters. The van der Waals surface area contributed by atoms with Gasteiger partial charge in [-0.1, -0.05) is 20.8 Å². The second-order valence-electron chi connectivity index (χ2n) is 8.32. The Morgan fingerprint density at radius 3 is 2.35 bits per heavy atom. The molecule has 132 valence electrons. The highest BCUT2D eigenvalue weighted by Crippen LogP contribution is 2.38. The van der Waals surface area contributed by atoms with Gasteiger partial charge in [0.25, 0.3) is 0 Å². The standard InChI is InChI=1S/C18H31NO4/c1-16(2,3)13(10-9-11-20)14-12-22-18(7,8)19(14)15(21)23-17(4,5)6/h9,14,20H,11-12H2,1-8H3/t10?,14-/m0/s1. The van der Waals surface area contributed by atoms with E-state index in [0.29, 0.717) is 6.61 Å². The van der Waals surface area contributed by atoms with Crippen molar-refractivity contribution in [2.75, 3.05) is 13.2 Å². The number of rotatable bonds is 2. The maximum absolute atomic E-state index is 12.7. The van der Waals surface area contributed by atoms with Crippen molar-refractivity contribution in [2.45, 2.75) is 72.8 Å². The van der Waals surface area contributed by atoms with Crippen LogP contribution in [0.25, 0.3) is 0 Å². The van der Waals surface area contributed by atoms with Gasteiger partial charge in [-0.05, 0) is 46.1 Å². The Kier molecular flexibility index (Phi) is 5.74. The molecular weight excluding hydrogens is 294 g/mol. The van der Waals surface area contributed by atoms with Gasteiger partial charge >= 0.3 is 6.09 Å². The lowest BCUT2D eigenvalue weighted by Gasteiger charge is -2.37. The maximum Gasteiger partial charge on any atom is 0.413 e. The van der Waals surface area contributed by atoms with Crippen molar-refractivity contribution in [1.82, 2.24) is 4.90 Å². The summed E-state index contributed by atoms with van der Waals surface area (Å²) in [6, 6.07) is -0.275. The SMILES string of the molecule is CC(C)(C)OC(=O)N1[C@H](C(=C=CCO)C(C)(C)C)COC1(C)C. The average molecular weight is 325 g/mol. The van der Waals surface area contributed by atoms with Gasteiger partial charge in [0.05, 0.1) is 19.3 Å². The zero-order valence-electron chi connectivity index (χ0n) is 15.7. The lowest BCUT2D eigenvalue weighted by molar-refractivity contribution is -0.0617. The molecule has 5 heteroatoms. The fraction of sp³-hybridized carbons (Fsp3) is 0.778. The molecule has 0 saturated carbocycles. The topological polar surface area (TPSA) is 59.0 Å². The summed E-state index contributed by atoms with van der Waals surface area (Å²) in [4.78, 5) is 14.4. The number of hydrogen-bond acceptors (Lipinski definition) is 4. The number of carbonyl (C=O) groups excluding carboxylic acids is 1. The molecule has 1 fully saturated rings. The summed E-state index contributed by atoms with van der Waals surface area (Å²) in [6.45, 7) is 15.7. The fourth-order valence-electron chi connectivity index (χ4n) is 2.64. The van der Waals surface area contributed by atoms with E-state index in [-0.39, 0.29) is 18.1 Å². The van der Waals surface area contributed by atoms with Crippen LogP contribution in [0.15, 0.2) is 17.4 Å². The minimum atomic E-state index is -0.760. The zero-order valence-corrected chi connectivity index (χ0v) is 15.7. The predicted molar refractivity (Wildman–Crippen MR) is 90.0 cm³/mol. The van der Waals surface area contributed by atoms with Crippen LogP contribution in [0.2, 0.25) is 0 Å². The summed E-state index contributed by atoms with van der Waals surface area (Å²) < 4.78 is 11.4. The Morgan fingerprint density at radius 2 is 1.91 bits per heavy atom. The lowest BCUT2D eigenvalue weighted by Crippen LogP contribution is -2.51. The van der Waals surface area contributed by atoms with E-state index in [4.69, 9.17) is 14.6 Å². The quantitative estimate of drug-likeness (QED) is 0.790. The normalized spacial score (nSPS) is 20.9. The van der Waals surface area contributed by atoms with Crippen molar-refractivity contribution < 1.29 is 19.4 Å². The molecule has 1 heterocycles. The van der Waals surface area contributed by atoms with Gasteiger partial charge in [-0.3, -0.25) is 4.90 Å². The summed E-state index contributed by atoms with van der Waals surface area (Å²) >= 11 is 0. The van der Waals surface area contributed by atoms with E-state index in [1.54, 1.807) is 11.0 Å². The van der Waals surface area contributed by atoms with Crippen LogP contribution >= 0.6 is 0 Å². The molecule has 0 radical (unpaired) electrons. The molecule has 1 amide bonds. The van der Waals surface area contributed by atoms with Crippen LogP contribution in [0.4, 0.5) is 4.79 Å². The molecule has 0 spiro atoms. The Morgan fingerprint density at radius 1 is 1.35 bits per heavy atom. The van der Waals surface area contributed by atoms with Crippen LogP contribution in [-0.2, 0) is 9.47 Å². The maximum atomic E-state index is 12.7. The minimum Gasteiger partial charge on any atom is -0.444 e. The molecule has 0 aromatic rings. The molecule has 0 bridgehead atoms. The molecule has 5 nitrogen and oxygen atoms in total. The third-order valence-corrected chi connectivity index (χ3v) is 3.57. The number of amides is 1. The summed E-state index contributed by atoms with van der Waals surface area (Å²) in [5.41, 5.74) is 2.50. The lowest BCUT2D eigenvalue weighted by atomic mass is 9.82. The Hall–Kier alpha value is -1.29. The van der Waals surface area contributed by atoms with Crippen molar-refractivity contribution in [2.24, 2.45) is 5.41 Å². The number of hydrogen-bond donors (Lipinski definition) is 1. The largest absolute Gasteiger partial charge is 0.444 e. The number of carbonyl (C=O) groups is 1. The van der Waals surface area contributed by atoms with Gasteiger partial charge in [-0.25, -0.2) is 4.79 Å². The molecule has 23 heavy (non-hydrogen) atoms. The first-order chi connectivity index (χ1) is 10.3. The Balaban J connectivity index is 3.27. The smallest absolute Gasteiger partial charge is 0.413 e. The van der Waals surface area contributed by atoms with Crippen LogP contribution in [0.1, 0.15) is 55.4 Å². The molecule has 1 aliphatic heterocycles.